The van der Waals surface area contributed by atoms with E-state index in [1.807, 2.05) is 32.0 Å². The number of para-hydroxylation sites is 1. The second kappa shape index (κ2) is 7.57. The molecule has 0 bridgehead atoms. The van der Waals surface area contributed by atoms with Crippen LogP contribution in [0.4, 0.5) is 0 Å². The Morgan fingerprint density at radius 1 is 1.00 bits per heavy atom. The number of aryl methyl sites for hydroxylation is 2. The van der Waals surface area contributed by atoms with Gasteiger partial charge in [0, 0.05) is 6.54 Å². The standard InChI is InChI=1S/C16H25NO6/c1-9-4-3-5-10(2)15(9)23-7-6-17-11(8-18)12(19)13(20)14(21)16(17)22/h3-5,11-14,16,18-22H,6-8H2,1-2H3/t11-,12-,13+,14-,16?/m1/s1. The maximum Gasteiger partial charge on any atom is 0.136 e. The minimum Gasteiger partial charge on any atom is -0.492 e. The molecule has 0 amide bonds. The van der Waals surface area contributed by atoms with Gasteiger partial charge in [0.05, 0.1) is 12.6 Å². The normalized spacial score (nSPS) is 32.0. The van der Waals surface area contributed by atoms with Crippen LogP contribution in [-0.4, -0.2) is 80.8 Å². The van der Waals surface area contributed by atoms with E-state index >= 15 is 0 Å². The molecule has 1 saturated heterocycles. The van der Waals surface area contributed by atoms with Gasteiger partial charge in [0.25, 0.3) is 0 Å². The van der Waals surface area contributed by atoms with E-state index in [2.05, 4.69) is 0 Å². The molecule has 7 heteroatoms. The summed E-state index contributed by atoms with van der Waals surface area (Å²) in [5.41, 5.74) is 1.97. The highest BCUT2D eigenvalue weighted by Gasteiger charge is 2.46. The highest BCUT2D eigenvalue weighted by Crippen LogP contribution is 2.25. The average molecular weight is 327 g/mol. The van der Waals surface area contributed by atoms with Crippen molar-refractivity contribution in [3.63, 3.8) is 0 Å². The molecule has 0 aliphatic carbocycles. The zero-order chi connectivity index (χ0) is 17.1. The van der Waals surface area contributed by atoms with E-state index in [1.165, 1.54) is 4.90 Å². The van der Waals surface area contributed by atoms with Gasteiger partial charge in [-0.15, -0.1) is 0 Å². The second-order valence-electron chi connectivity index (χ2n) is 5.94. The van der Waals surface area contributed by atoms with Crippen molar-refractivity contribution in [2.75, 3.05) is 19.8 Å². The van der Waals surface area contributed by atoms with Gasteiger partial charge >= 0.3 is 0 Å². The summed E-state index contributed by atoms with van der Waals surface area (Å²) >= 11 is 0. The van der Waals surface area contributed by atoms with Crippen LogP contribution >= 0.6 is 0 Å². The van der Waals surface area contributed by atoms with E-state index < -0.39 is 37.2 Å². The lowest BCUT2D eigenvalue weighted by Gasteiger charge is -2.46. The number of aliphatic hydroxyl groups is 5. The smallest absolute Gasteiger partial charge is 0.136 e. The van der Waals surface area contributed by atoms with E-state index in [1.54, 1.807) is 0 Å². The molecule has 1 heterocycles. The van der Waals surface area contributed by atoms with Crippen molar-refractivity contribution < 1.29 is 30.3 Å². The van der Waals surface area contributed by atoms with Crippen molar-refractivity contribution in [1.29, 1.82) is 0 Å². The summed E-state index contributed by atoms with van der Waals surface area (Å²) in [4.78, 5) is 1.34. The Morgan fingerprint density at radius 3 is 2.17 bits per heavy atom. The van der Waals surface area contributed by atoms with Crippen LogP contribution in [0.25, 0.3) is 0 Å². The van der Waals surface area contributed by atoms with E-state index in [9.17, 15) is 25.5 Å². The Balaban J connectivity index is 2.03. The zero-order valence-corrected chi connectivity index (χ0v) is 13.3. The van der Waals surface area contributed by atoms with Gasteiger partial charge in [-0.05, 0) is 25.0 Å². The molecule has 0 radical (unpaired) electrons. The number of nitrogens with zero attached hydrogens (tertiary/aromatic N) is 1. The van der Waals surface area contributed by atoms with Gasteiger partial charge in [-0.3, -0.25) is 4.90 Å². The van der Waals surface area contributed by atoms with Crippen molar-refractivity contribution in [2.24, 2.45) is 0 Å². The monoisotopic (exact) mass is 327 g/mol. The quantitative estimate of drug-likeness (QED) is 0.460. The molecule has 130 valence electrons. The van der Waals surface area contributed by atoms with E-state index in [4.69, 9.17) is 4.74 Å². The Kier molecular flexibility index (Phi) is 5.96. The third kappa shape index (κ3) is 3.65. The molecule has 1 aliphatic heterocycles. The van der Waals surface area contributed by atoms with Crippen LogP contribution in [0.3, 0.4) is 0 Å². The van der Waals surface area contributed by atoms with E-state index in [0.29, 0.717) is 0 Å². The van der Waals surface area contributed by atoms with Gasteiger partial charge in [-0.1, -0.05) is 18.2 Å². The topological polar surface area (TPSA) is 114 Å². The molecule has 23 heavy (non-hydrogen) atoms. The number of ether oxygens (including phenoxy) is 1. The first-order valence-electron chi connectivity index (χ1n) is 7.66. The van der Waals surface area contributed by atoms with Crippen LogP contribution < -0.4 is 4.74 Å². The van der Waals surface area contributed by atoms with Crippen molar-refractivity contribution >= 4 is 0 Å². The van der Waals surface area contributed by atoms with Crippen LogP contribution in [0.1, 0.15) is 11.1 Å². The third-order valence-corrected chi connectivity index (χ3v) is 4.36. The molecule has 1 aromatic rings. The molecule has 1 aliphatic rings. The first-order valence-corrected chi connectivity index (χ1v) is 7.66. The Labute approximate surface area is 135 Å². The van der Waals surface area contributed by atoms with E-state index in [0.717, 1.165) is 16.9 Å². The Morgan fingerprint density at radius 2 is 1.61 bits per heavy atom. The summed E-state index contributed by atoms with van der Waals surface area (Å²) in [7, 11) is 0. The van der Waals surface area contributed by atoms with Crippen molar-refractivity contribution in [3.05, 3.63) is 29.3 Å². The number of benzene rings is 1. The molecule has 1 aromatic carbocycles. The van der Waals surface area contributed by atoms with Gasteiger partial charge in [0.15, 0.2) is 0 Å². The van der Waals surface area contributed by atoms with Crippen molar-refractivity contribution in [2.45, 2.75) is 44.4 Å². The molecule has 2 rings (SSSR count). The molecule has 5 N–H and O–H groups in total. The summed E-state index contributed by atoms with van der Waals surface area (Å²) in [5.74, 6) is 0.751. The number of piperidine rings is 1. The predicted octanol–water partition coefficient (Wildman–Crippen LogP) is -1.24. The lowest BCUT2D eigenvalue weighted by Crippen LogP contribution is -2.67. The fourth-order valence-corrected chi connectivity index (χ4v) is 2.99. The van der Waals surface area contributed by atoms with Gasteiger partial charge in [-0.2, -0.15) is 0 Å². The first-order chi connectivity index (χ1) is 10.9. The number of rotatable bonds is 5. The molecule has 1 fully saturated rings. The Hall–Kier alpha value is -1.22. The Bertz CT molecular complexity index is 505. The number of likely N-dealkylation sites (tertiary alicyclic amines) is 1. The maximum absolute atomic E-state index is 10.1. The van der Waals surface area contributed by atoms with Gasteiger partial charge in [-0.25, -0.2) is 0 Å². The van der Waals surface area contributed by atoms with Crippen LogP contribution in [0.15, 0.2) is 18.2 Å². The summed E-state index contributed by atoms with van der Waals surface area (Å²) in [6.45, 7) is 3.79. The number of hydrogen-bond donors (Lipinski definition) is 5. The van der Waals surface area contributed by atoms with Gasteiger partial charge in [0.1, 0.15) is 36.9 Å². The van der Waals surface area contributed by atoms with Gasteiger partial charge < -0.3 is 30.3 Å². The summed E-state index contributed by atoms with van der Waals surface area (Å²) < 4.78 is 5.75. The van der Waals surface area contributed by atoms with Crippen molar-refractivity contribution in [1.82, 2.24) is 4.90 Å². The fraction of sp³-hybridized carbons (Fsp3) is 0.625. The molecule has 0 spiro atoms. The molecular formula is C16H25NO6. The van der Waals surface area contributed by atoms with Crippen LogP contribution in [0, 0.1) is 13.8 Å². The predicted molar refractivity (Wildman–Crippen MR) is 83.0 cm³/mol. The van der Waals surface area contributed by atoms with Crippen LogP contribution in [0.2, 0.25) is 0 Å². The van der Waals surface area contributed by atoms with E-state index in [-0.39, 0.29) is 13.2 Å². The highest BCUT2D eigenvalue weighted by atomic mass is 16.5. The average Bonchev–Trinajstić information content (AvgIpc) is 2.53. The minimum atomic E-state index is -1.51. The summed E-state index contributed by atoms with van der Waals surface area (Å²) in [6, 6.07) is 4.92. The molecule has 7 nitrogen and oxygen atoms in total. The molecular weight excluding hydrogens is 302 g/mol. The second-order valence-corrected chi connectivity index (χ2v) is 5.94. The van der Waals surface area contributed by atoms with Crippen molar-refractivity contribution in [3.8, 4) is 5.75 Å². The van der Waals surface area contributed by atoms with Gasteiger partial charge in [0.2, 0.25) is 0 Å². The van der Waals surface area contributed by atoms with Crippen LogP contribution in [0.5, 0.6) is 5.75 Å². The summed E-state index contributed by atoms with van der Waals surface area (Å²) in [5, 5.41) is 48.9. The molecule has 0 saturated carbocycles. The molecule has 1 unspecified atom stereocenters. The zero-order valence-electron chi connectivity index (χ0n) is 13.3. The molecule has 5 atom stereocenters. The molecule has 0 aromatic heterocycles. The van der Waals surface area contributed by atoms with Crippen LogP contribution in [-0.2, 0) is 0 Å². The minimum absolute atomic E-state index is 0.182. The number of aliphatic hydroxyl groups excluding tert-OH is 5. The largest absolute Gasteiger partial charge is 0.492 e. The fourth-order valence-electron chi connectivity index (χ4n) is 2.99. The lowest BCUT2D eigenvalue weighted by molar-refractivity contribution is -0.223. The lowest BCUT2D eigenvalue weighted by atomic mass is 9.93. The number of hydrogen-bond acceptors (Lipinski definition) is 7. The summed E-state index contributed by atoms with van der Waals surface area (Å²) in [6.07, 6.45) is -5.74. The first kappa shape index (κ1) is 18.1. The highest BCUT2D eigenvalue weighted by molar-refractivity contribution is 5.39. The third-order valence-electron chi connectivity index (χ3n) is 4.36. The SMILES string of the molecule is Cc1cccc(C)c1OCCN1C(O)[C@H](O)[C@@H](O)[C@H](O)[C@H]1CO. The maximum atomic E-state index is 10.1.